The summed E-state index contributed by atoms with van der Waals surface area (Å²) in [5.41, 5.74) is -1.77. The molecule has 0 bridgehead atoms. The van der Waals surface area contributed by atoms with Gasteiger partial charge in [-0.25, -0.2) is 11.4 Å². The number of Topliss-reactive ketones (excluding diaryl/α,β-unsaturated/α-hetero) is 1. The maximum absolute atomic E-state index is 11.6. The van der Waals surface area contributed by atoms with Gasteiger partial charge in [-0.1, -0.05) is 0 Å². The molecule has 0 fully saturated rings. The van der Waals surface area contributed by atoms with Crippen molar-refractivity contribution >= 4 is 11.9 Å². The van der Waals surface area contributed by atoms with E-state index < -0.39 is 17.2 Å². The minimum atomic E-state index is -1.15. The monoisotopic (exact) mass is 252 g/mol. The van der Waals surface area contributed by atoms with Crippen molar-refractivity contribution in [3.63, 3.8) is 0 Å². The molecule has 0 aliphatic rings. The van der Waals surface area contributed by atoms with Gasteiger partial charge in [0, 0.05) is 0 Å². The highest BCUT2D eigenvalue weighted by Crippen LogP contribution is 2.12. The standard InChI is InChI=1S/C13H20N2O3/c1-10(16)13(5,8-7-9-14-6)15-11(17)18-12(2,3)4/h7-8H,9H2,1-5H3,(H,15,17)/b8-7+/t13-/m1/s1. The normalized spacial score (nSPS) is 14.7. The molecule has 0 radical (unpaired) electrons. The molecule has 0 aromatic heterocycles. The van der Waals surface area contributed by atoms with Gasteiger partial charge in [0.1, 0.15) is 11.1 Å². The molecule has 0 unspecified atom stereocenters. The third kappa shape index (κ3) is 6.04. The van der Waals surface area contributed by atoms with E-state index in [-0.39, 0.29) is 12.3 Å². The van der Waals surface area contributed by atoms with Gasteiger partial charge in [0.2, 0.25) is 6.54 Å². The third-order valence-corrected chi connectivity index (χ3v) is 2.14. The Kier molecular flexibility index (Phi) is 5.57. The molecular weight excluding hydrogens is 232 g/mol. The fraction of sp³-hybridized carbons (Fsp3) is 0.615. The van der Waals surface area contributed by atoms with Crippen molar-refractivity contribution < 1.29 is 14.3 Å². The minimum Gasteiger partial charge on any atom is -0.444 e. The Morgan fingerprint density at radius 1 is 1.33 bits per heavy atom. The van der Waals surface area contributed by atoms with Crippen molar-refractivity contribution in [3.8, 4) is 0 Å². The minimum absolute atomic E-state index is 0.166. The highest BCUT2D eigenvalue weighted by Gasteiger charge is 2.30. The van der Waals surface area contributed by atoms with Gasteiger partial charge in [0.05, 0.1) is 0 Å². The Balaban J connectivity index is 4.78. The van der Waals surface area contributed by atoms with E-state index in [4.69, 9.17) is 11.3 Å². The van der Waals surface area contributed by atoms with Gasteiger partial charge in [-0.3, -0.25) is 4.79 Å². The van der Waals surface area contributed by atoms with E-state index in [1.165, 1.54) is 13.0 Å². The fourth-order valence-electron chi connectivity index (χ4n) is 1.10. The van der Waals surface area contributed by atoms with Gasteiger partial charge in [0.25, 0.3) is 0 Å². The lowest BCUT2D eigenvalue weighted by atomic mass is 9.97. The van der Waals surface area contributed by atoms with Crippen molar-refractivity contribution in [1.29, 1.82) is 0 Å². The van der Waals surface area contributed by atoms with E-state index in [0.29, 0.717) is 0 Å². The zero-order valence-electron chi connectivity index (χ0n) is 11.5. The summed E-state index contributed by atoms with van der Waals surface area (Å²) in [7, 11) is 0. The smallest absolute Gasteiger partial charge is 0.408 e. The first-order valence-electron chi connectivity index (χ1n) is 5.64. The number of rotatable bonds is 4. The number of ketones is 1. The van der Waals surface area contributed by atoms with Gasteiger partial charge in [0.15, 0.2) is 5.78 Å². The quantitative estimate of drug-likeness (QED) is 0.617. The molecule has 0 saturated carbocycles. The Bertz CT molecular complexity index is 388. The van der Waals surface area contributed by atoms with Crippen LogP contribution in [0.4, 0.5) is 4.79 Å². The number of hydrogen-bond donors (Lipinski definition) is 1. The third-order valence-electron chi connectivity index (χ3n) is 2.14. The molecule has 0 spiro atoms. The summed E-state index contributed by atoms with van der Waals surface area (Å²) in [6.07, 6.45) is 2.40. The van der Waals surface area contributed by atoms with E-state index in [0.717, 1.165) is 0 Å². The molecule has 0 saturated heterocycles. The van der Waals surface area contributed by atoms with Gasteiger partial charge < -0.3 is 14.9 Å². The number of nitrogens with zero attached hydrogens (tertiary/aromatic N) is 1. The molecule has 1 N–H and O–H groups in total. The summed E-state index contributed by atoms with van der Waals surface area (Å²) in [6.45, 7) is 15.0. The fourth-order valence-corrected chi connectivity index (χ4v) is 1.10. The number of carbonyl (C=O) groups excluding carboxylic acids is 2. The van der Waals surface area contributed by atoms with Crippen LogP contribution in [-0.2, 0) is 9.53 Å². The SMILES string of the molecule is [C-]#[N+]C/C=C/[C@@](C)(NC(=O)OC(C)(C)C)C(C)=O. The van der Waals surface area contributed by atoms with Crippen molar-refractivity contribution in [3.05, 3.63) is 23.6 Å². The van der Waals surface area contributed by atoms with Crippen LogP contribution < -0.4 is 5.32 Å². The largest absolute Gasteiger partial charge is 0.444 e. The van der Waals surface area contributed by atoms with E-state index in [1.54, 1.807) is 33.8 Å². The lowest BCUT2D eigenvalue weighted by Crippen LogP contribution is -2.51. The predicted molar refractivity (Wildman–Crippen MR) is 69.1 cm³/mol. The van der Waals surface area contributed by atoms with Crippen molar-refractivity contribution in [2.24, 2.45) is 0 Å². The van der Waals surface area contributed by atoms with E-state index >= 15 is 0 Å². The Labute approximate surface area is 108 Å². The van der Waals surface area contributed by atoms with Crippen molar-refractivity contribution in [2.75, 3.05) is 6.54 Å². The number of carbonyl (C=O) groups is 2. The van der Waals surface area contributed by atoms with E-state index in [1.807, 2.05) is 0 Å². The van der Waals surface area contributed by atoms with Crippen LogP contribution >= 0.6 is 0 Å². The van der Waals surface area contributed by atoms with Gasteiger partial charge >= 0.3 is 6.09 Å². The highest BCUT2D eigenvalue weighted by atomic mass is 16.6. The maximum atomic E-state index is 11.6. The predicted octanol–water partition coefficient (Wildman–Crippen LogP) is 2.33. The molecule has 18 heavy (non-hydrogen) atoms. The first kappa shape index (κ1) is 16.2. The average Bonchev–Trinajstić information content (AvgIpc) is 2.14. The van der Waals surface area contributed by atoms with Crippen LogP contribution in [0.1, 0.15) is 34.6 Å². The van der Waals surface area contributed by atoms with Crippen LogP contribution in [-0.4, -0.2) is 29.6 Å². The van der Waals surface area contributed by atoms with Gasteiger partial charge in [-0.15, -0.1) is 0 Å². The lowest BCUT2D eigenvalue weighted by molar-refractivity contribution is -0.121. The second kappa shape index (κ2) is 6.20. The molecule has 1 amide bonds. The highest BCUT2D eigenvalue weighted by molar-refractivity contribution is 5.91. The van der Waals surface area contributed by atoms with E-state index in [9.17, 15) is 9.59 Å². The lowest BCUT2D eigenvalue weighted by Gasteiger charge is -2.27. The first-order valence-corrected chi connectivity index (χ1v) is 5.64. The zero-order chi connectivity index (χ0) is 14.4. The molecule has 0 aliphatic heterocycles. The van der Waals surface area contributed by atoms with Crippen LogP contribution in [0.2, 0.25) is 0 Å². The Morgan fingerprint density at radius 3 is 2.28 bits per heavy atom. The van der Waals surface area contributed by atoms with Crippen LogP contribution in [0.15, 0.2) is 12.2 Å². The summed E-state index contributed by atoms with van der Waals surface area (Å²) in [5, 5.41) is 2.51. The summed E-state index contributed by atoms with van der Waals surface area (Å²) in [4.78, 5) is 26.3. The average molecular weight is 252 g/mol. The summed E-state index contributed by atoms with van der Waals surface area (Å²) in [5.74, 6) is -0.227. The Hall–Kier alpha value is -1.83. The maximum Gasteiger partial charge on any atom is 0.408 e. The Morgan fingerprint density at radius 2 is 1.89 bits per heavy atom. The van der Waals surface area contributed by atoms with Gasteiger partial charge in [-0.2, -0.15) is 0 Å². The molecule has 0 aromatic rings. The number of alkyl carbamates (subject to hydrolysis) is 1. The van der Waals surface area contributed by atoms with Crippen LogP contribution in [0, 0.1) is 6.57 Å². The summed E-state index contributed by atoms with van der Waals surface area (Å²) >= 11 is 0. The van der Waals surface area contributed by atoms with Gasteiger partial charge in [-0.05, 0) is 46.8 Å². The molecule has 1 atom stereocenters. The molecule has 0 heterocycles. The zero-order valence-corrected chi connectivity index (χ0v) is 11.5. The first-order chi connectivity index (χ1) is 8.10. The van der Waals surface area contributed by atoms with Crippen LogP contribution in [0.5, 0.6) is 0 Å². The topological polar surface area (TPSA) is 59.8 Å². The molecule has 5 nitrogen and oxygen atoms in total. The number of amides is 1. The molecule has 0 aromatic carbocycles. The second-order valence-corrected chi connectivity index (χ2v) is 5.13. The molecule has 100 valence electrons. The van der Waals surface area contributed by atoms with Crippen molar-refractivity contribution in [2.45, 2.75) is 45.8 Å². The van der Waals surface area contributed by atoms with Crippen molar-refractivity contribution in [1.82, 2.24) is 5.32 Å². The summed E-state index contributed by atoms with van der Waals surface area (Å²) in [6, 6.07) is 0. The molecule has 0 rings (SSSR count). The van der Waals surface area contributed by atoms with Crippen LogP contribution in [0.25, 0.3) is 4.85 Å². The summed E-state index contributed by atoms with van der Waals surface area (Å²) < 4.78 is 5.09. The number of nitrogens with one attached hydrogen (secondary N) is 1. The molecule has 0 aliphatic carbocycles. The molecular formula is C13H20N2O3. The second-order valence-electron chi connectivity index (χ2n) is 5.13. The van der Waals surface area contributed by atoms with Crippen LogP contribution in [0.3, 0.4) is 0 Å². The van der Waals surface area contributed by atoms with E-state index in [2.05, 4.69) is 10.2 Å². The molecule has 5 heteroatoms. The number of ether oxygens (including phenoxy) is 1. The number of hydrogen-bond acceptors (Lipinski definition) is 3.